The Bertz CT molecular complexity index is 596. The van der Waals surface area contributed by atoms with Gasteiger partial charge in [-0.25, -0.2) is 9.78 Å². The monoisotopic (exact) mass is 256 g/mol. The van der Waals surface area contributed by atoms with Crippen LogP contribution >= 0.6 is 0 Å². The average molecular weight is 256 g/mol. The fourth-order valence-electron chi connectivity index (χ4n) is 1.97. The number of aryl methyl sites for hydroxylation is 1. The van der Waals surface area contributed by atoms with E-state index in [9.17, 15) is 4.79 Å². The number of carboxylic acids is 1. The first kappa shape index (κ1) is 13.1. The molecule has 0 radical (unpaired) electrons. The molecule has 1 N–H and O–H groups in total. The lowest BCUT2D eigenvalue weighted by Crippen LogP contribution is -2.18. The maximum atomic E-state index is 11.0. The van der Waals surface area contributed by atoms with Crippen LogP contribution in [0.15, 0.2) is 42.6 Å². The molecule has 2 rings (SSSR count). The Morgan fingerprint density at radius 1 is 1.32 bits per heavy atom. The van der Waals surface area contributed by atoms with Gasteiger partial charge in [-0.2, -0.15) is 0 Å². The zero-order valence-corrected chi connectivity index (χ0v) is 11.0. The highest BCUT2D eigenvalue weighted by Gasteiger charge is 2.11. The Hall–Kier alpha value is -2.36. The third-order valence-electron chi connectivity index (χ3n) is 2.90. The highest BCUT2D eigenvalue weighted by molar-refractivity contribution is 5.88. The maximum Gasteiger partial charge on any atom is 0.335 e. The first-order valence-corrected chi connectivity index (χ1v) is 6.15. The fourth-order valence-corrected chi connectivity index (χ4v) is 1.97. The van der Waals surface area contributed by atoms with Crippen LogP contribution in [0.25, 0.3) is 0 Å². The second kappa shape index (κ2) is 5.52. The van der Waals surface area contributed by atoms with Crippen molar-refractivity contribution in [2.45, 2.75) is 13.8 Å². The van der Waals surface area contributed by atoms with Gasteiger partial charge in [0.25, 0.3) is 0 Å². The maximum absolute atomic E-state index is 11.0. The molecular formula is C15H16N2O2. The van der Waals surface area contributed by atoms with Crippen LogP contribution in [0.4, 0.5) is 11.5 Å². The molecule has 4 nitrogen and oxygen atoms in total. The first-order valence-electron chi connectivity index (χ1n) is 6.15. The lowest BCUT2D eigenvalue weighted by Gasteiger charge is -2.22. The molecule has 0 aliphatic carbocycles. The lowest BCUT2D eigenvalue weighted by molar-refractivity contribution is 0.0697. The van der Waals surface area contributed by atoms with Crippen LogP contribution in [0.5, 0.6) is 0 Å². The number of carbonyl (C=O) groups is 1. The smallest absolute Gasteiger partial charge is 0.335 e. The van der Waals surface area contributed by atoms with Crippen molar-refractivity contribution in [1.82, 2.24) is 4.98 Å². The van der Waals surface area contributed by atoms with E-state index >= 15 is 0 Å². The third kappa shape index (κ3) is 2.91. The number of aromatic carboxylic acids is 1. The molecule has 0 atom stereocenters. The van der Waals surface area contributed by atoms with E-state index in [2.05, 4.69) is 11.1 Å². The van der Waals surface area contributed by atoms with E-state index in [0.717, 1.165) is 17.8 Å². The van der Waals surface area contributed by atoms with Crippen molar-refractivity contribution in [3.05, 3.63) is 53.7 Å². The van der Waals surface area contributed by atoms with E-state index in [1.165, 1.54) is 12.3 Å². The van der Waals surface area contributed by atoms with E-state index in [1.807, 2.05) is 36.9 Å². The molecule has 98 valence electrons. The highest BCUT2D eigenvalue weighted by atomic mass is 16.4. The summed E-state index contributed by atoms with van der Waals surface area (Å²) in [6.45, 7) is 4.76. The number of nitrogens with zero attached hydrogens (tertiary/aromatic N) is 2. The summed E-state index contributed by atoms with van der Waals surface area (Å²) in [6.07, 6.45) is 1.53. The SMILES string of the molecule is CCN(c1cccc(C)c1)c1cc(C(=O)O)ccn1. The van der Waals surface area contributed by atoms with Crippen LogP contribution in [0.1, 0.15) is 22.8 Å². The van der Waals surface area contributed by atoms with E-state index in [4.69, 9.17) is 5.11 Å². The predicted molar refractivity (Wildman–Crippen MR) is 75.1 cm³/mol. The van der Waals surface area contributed by atoms with Gasteiger partial charge in [0.15, 0.2) is 0 Å². The number of aromatic nitrogens is 1. The molecule has 0 aliphatic rings. The molecule has 0 bridgehead atoms. The minimum atomic E-state index is -0.941. The van der Waals surface area contributed by atoms with Gasteiger partial charge in [0.1, 0.15) is 5.82 Å². The van der Waals surface area contributed by atoms with Crippen molar-refractivity contribution < 1.29 is 9.90 Å². The van der Waals surface area contributed by atoms with Crippen LogP contribution in [-0.2, 0) is 0 Å². The summed E-state index contributed by atoms with van der Waals surface area (Å²) < 4.78 is 0. The predicted octanol–water partition coefficient (Wildman–Crippen LogP) is 3.25. The molecule has 1 aromatic carbocycles. The van der Waals surface area contributed by atoms with Crippen molar-refractivity contribution in [3.8, 4) is 0 Å². The lowest BCUT2D eigenvalue weighted by atomic mass is 10.2. The van der Waals surface area contributed by atoms with E-state index in [1.54, 1.807) is 6.07 Å². The van der Waals surface area contributed by atoms with Gasteiger partial charge in [-0.05, 0) is 43.7 Å². The Morgan fingerprint density at radius 3 is 2.74 bits per heavy atom. The summed E-state index contributed by atoms with van der Waals surface area (Å²) in [5, 5.41) is 9.03. The largest absolute Gasteiger partial charge is 0.478 e. The number of hydrogen-bond donors (Lipinski definition) is 1. The van der Waals surface area contributed by atoms with Crippen molar-refractivity contribution in [3.63, 3.8) is 0 Å². The molecule has 4 heteroatoms. The quantitative estimate of drug-likeness (QED) is 0.912. The molecule has 0 amide bonds. The molecule has 0 saturated heterocycles. The Balaban J connectivity index is 2.42. The Morgan fingerprint density at radius 2 is 2.11 bits per heavy atom. The molecule has 0 spiro atoms. The summed E-state index contributed by atoms with van der Waals surface area (Å²) in [5.74, 6) is -0.294. The number of carboxylic acid groups (broad SMARTS) is 1. The second-order valence-corrected chi connectivity index (χ2v) is 4.29. The number of hydrogen-bond acceptors (Lipinski definition) is 3. The third-order valence-corrected chi connectivity index (χ3v) is 2.90. The molecule has 19 heavy (non-hydrogen) atoms. The van der Waals surface area contributed by atoms with Crippen LogP contribution < -0.4 is 4.90 Å². The topological polar surface area (TPSA) is 53.4 Å². The van der Waals surface area contributed by atoms with Gasteiger partial charge in [-0.1, -0.05) is 12.1 Å². The summed E-state index contributed by atoms with van der Waals surface area (Å²) in [7, 11) is 0. The summed E-state index contributed by atoms with van der Waals surface area (Å²) in [6, 6.07) is 11.1. The minimum absolute atomic E-state index is 0.246. The minimum Gasteiger partial charge on any atom is -0.478 e. The normalized spacial score (nSPS) is 10.2. The van der Waals surface area contributed by atoms with Gasteiger partial charge in [-0.15, -0.1) is 0 Å². The van der Waals surface area contributed by atoms with E-state index in [-0.39, 0.29) is 5.56 Å². The molecule has 1 aromatic heterocycles. The van der Waals surface area contributed by atoms with Gasteiger partial charge in [0.2, 0.25) is 0 Å². The number of anilines is 2. The average Bonchev–Trinajstić information content (AvgIpc) is 2.40. The van der Waals surface area contributed by atoms with Gasteiger partial charge in [0.05, 0.1) is 5.56 Å². The molecule has 1 heterocycles. The number of benzene rings is 1. The number of rotatable bonds is 4. The van der Waals surface area contributed by atoms with Gasteiger partial charge in [-0.3, -0.25) is 0 Å². The highest BCUT2D eigenvalue weighted by Crippen LogP contribution is 2.24. The van der Waals surface area contributed by atoms with Gasteiger partial charge >= 0.3 is 5.97 Å². The second-order valence-electron chi connectivity index (χ2n) is 4.29. The summed E-state index contributed by atoms with van der Waals surface area (Å²) >= 11 is 0. The molecule has 0 unspecified atom stereocenters. The van der Waals surface area contributed by atoms with Gasteiger partial charge < -0.3 is 10.0 Å². The van der Waals surface area contributed by atoms with Crippen molar-refractivity contribution >= 4 is 17.5 Å². The molecular weight excluding hydrogens is 240 g/mol. The summed E-state index contributed by atoms with van der Waals surface area (Å²) in [4.78, 5) is 17.3. The fraction of sp³-hybridized carbons (Fsp3) is 0.200. The van der Waals surface area contributed by atoms with Crippen molar-refractivity contribution in [2.24, 2.45) is 0 Å². The molecule has 0 saturated carbocycles. The van der Waals surface area contributed by atoms with Crippen molar-refractivity contribution in [1.29, 1.82) is 0 Å². The van der Waals surface area contributed by atoms with Crippen LogP contribution in [0.3, 0.4) is 0 Å². The zero-order valence-electron chi connectivity index (χ0n) is 11.0. The van der Waals surface area contributed by atoms with Gasteiger partial charge in [0, 0.05) is 18.4 Å². The Kier molecular flexibility index (Phi) is 3.80. The number of pyridine rings is 1. The first-order chi connectivity index (χ1) is 9.11. The standard InChI is InChI=1S/C15H16N2O2/c1-3-17(13-6-4-5-11(2)9-13)14-10-12(15(18)19)7-8-16-14/h4-10H,3H2,1-2H3,(H,18,19). The van der Waals surface area contributed by atoms with Crippen LogP contribution in [0, 0.1) is 6.92 Å². The molecule has 0 aliphatic heterocycles. The van der Waals surface area contributed by atoms with Crippen molar-refractivity contribution in [2.75, 3.05) is 11.4 Å². The van der Waals surface area contributed by atoms with Crippen LogP contribution in [-0.4, -0.2) is 22.6 Å². The zero-order chi connectivity index (χ0) is 13.8. The Labute approximate surface area is 112 Å². The molecule has 2 aromatic rings. The van der Waals surface area contributed by atoms with Crippen LogP contribution in [0.2, 0.25) is 0 Å². The van der Waals surface area contributed by atoms with E-state index in [0.29, 0.717) is 5.82 Å². The summed E-state index contributed by atoms with van der Waals surface area (Å²) in [5.41, 5.74) is 2.42. The molecule has 0 fully saturated rings. The van der Waals surface area contributed by atoms with E-state index < -0.39 is 5.97 Å².